The fraction of sp³-hybridized carbons (Fsp3) is 0.500. The van der Waals surface area contributed by atoms with Crippen molar-refractivity contribution in [3.05, 3.63) is 22.8 Å². The van der Waals surface area contributed by atoms with Crippen molar-refractivity contribution in [2.45, 2.75) is 45.2 Å². The third-order valence-electron chi connectivity index (χ3n) is 3.54. The summed E-state index contributed by atoms with van der Waals surface area (Å²) in [7, 11) is 0. The second-order valence-corrected chi connectivity index (χ2v) is 5.75. The number of carbonyl (C=O) groups excluding carboxylic acids is 2. The van der Waals surface area contributed by atoms with Gasteiger partial charge in [0.05, 0.1) is 6.42 Å². The zero-order valence-corrected chi connectivity index (χ0v) is 13.2. The van der Waals surface area contributed by atoms with E-state index in [-0.39, 0.29) is 24.3 Å². The quantitative estimate of drug-likeness (QED) is 0.837. The minimum absolute atomic E-state index is 0.000299. The Labute approximate surface area is 126 Å². The Morgan fingerprint density at radius 2 is 2.10 bits per heavy atom. The number of rotatable bonds is 5. The molecule has 5 nitrogen and oxygen atoms in total. The summed E-state index contributed by atoms with van der Waals surface area (Å²) in [5, 5.41) is 3.04. The molecule has 1 N–H and O–H groups in total. The first-order valence-corrected chi connectivity index (χ1v) is 7.60. The molecule has 108 valence electrons. The number of hydrogen-bond donors (Lipinski definition) is 1. The second-order valence-electron chi connectivity index (χ2n) is 4.84. The van der Waals surface area contributed by atoms with Crippen molar-refractivity contribution in [2.24, 2.45) is 0 Å². The summed E-state index contributed by atoms with van der Waals surface area (Å²) in [4.78, 5) is 30.0. The average Bonchev–Trinajstić information content (AvgIpc) is 2.71. The summed E-state index contributed by atoms with van der Waals surface area (Å²) in [6.07, 6.45) is 3.43. The number of anilines is 1. The molecule has 0 radical (unpaired) electrons. The van der Waals surface area contributed by atoms with Crippen LogP contribution in [-0.4, -0.2) is 33.8 Å². The molecule has 2 rings (SSSR count). The minimum Gasteiger partial charge on any atom is -0.358 e. The number of likely N-dealkylation sites (tertiary alicyclic amines) is 1. The highest BCUT2D eigenvalue weighted by molar-refractivity contribution is 9.10. The highest BCUT2D eigenvalue weighted by Crippen LogP contribution is 2.22. The van der Waals surface area contributed by atoms with Crippen LogP contribution < -0.4 is 5.32 Å². The molecule has 1 atom stereocenters. The lowest BCUT2D eigenvalue weighted by atomic mass is 10.1. The molecule has 0 saturated carbocycles. The lowest BCUT2D eigenvalue weighted by molar-refractivity contribution is -0.141. The van der Waals surface area contributed by atoms with Gasteiger partial charge in [0.25, 0.3) is 5.91 Å². The third-order valence-corrected chi connectivity index (χ3v) is 4.01. The van der Waals surface area contributed by atoms with E-state index >= 15 is 0 Å². The largest absolute Gasteiger partial charge is 0.358 e. The number of pyridine rings is 1. The molecule has 20 heavy (non-hydrogen) atoms. The average molecular weight is 340 g/mol. The van der Waals surface area contributed by atoms with Gasteiger partial charge in [-0.25, -0.2) is 4.98 Å². The molecule has 0 aromatic carbocycles. The van der Waals surface area contributed by atoms with Crippen molar-refractivity contribution in [3.63, 3.8) is 0 Å². The summed E-state index contributed by atoms with van der Waals surface area (Å²) in [5.41, 5.74) is 0. The number of halogens is 1. The van der Waals surface area contributed by atoms with Crippen LogP contribution in [0, 0.1) is 0 Å². The zero-order chi connectivity index (χ0) is 14.7. The highest BCUT2D eigenvalue weighted by atomic mass is 79.9. The first kappa shape index (κ1) is 15.0. The molecule has 2 heterocycles. The molecule has 1 unspecified atom stereocenters. The van der Waals surface area contributed by atoms with E-state index in [1.165, 1.54) is 4.90 Å². The second kappa shape index (κ2) is 6.35. The molecule has 1 aliphatic rings. The van der Waals surface area contributed by atoms with Crippen molar-refractivity contribution in [2.75, 3.05) is 5.32 Å². The summed E-state index contributed by atoms with van der Waals surface area (Å²) < 4.78 is 0.871. The van der Waals surface area contributed by atoms with Gasteiger partial charge in [-0.05, 0) is 40.9 Å². The highest BCUT2D eigenvalue weighted by Gasteiger charge is 2.41. The summed E-state index contributed by atoms with van der Waals surface area (Å²) in [6.45, 7) is 3.98. The smallest absolute Gasteiger partial charge is 0.252 e. The van der Waals surface area contributed by atoms with Crippen molar-refractivity contribution >= 4 is 33.6 Å². The number of imide groups is 1. The van der Waals surface area contributed by atoms with Crippen molar-refractivity contribution in [1.29, 1.82) is 0 Å². The van der Waals surface area contributed by atoms with Crippen molar-refractivity contribution < 1.29 is 9.59 Å². The Hall–Kier alpha value is -1.43. The van der Waals surface area contributed by atoms with E-state index in [1.54, 1.807) is 12.3 Å². The first-order valence-electron chi connectivity index (χ1n) is 6.80. The number of amides is 2. The van der Waals surface area contributed by atoms with E-state index in [0.717, 1.165) is 17.3 Å². The van der Waals surface area contributed by atoms with E-state index in [0.29, 0.717) is 5.82 Å². The predicted molar refractivity (Wildman–Crippen MR) is 80.2 cm³/mol. The van der Waals surface area contributed by atoms with E-state index in [9.17, 15) is 9.59 Å². The molecular weight excluding hydrogens is 322 g/mol. The Morgan fingerprint density at radius 1 is 1.40 bits per heavy atom. The molecular formula is C14H18BrN3O2. The van der Waals surface area contributed by atoms with Gasteiger partial charge < -0.3 is 5.32 Å². The van der Waals surface area contributed by atoms with Gasteiger partial charge in [-0.1, -0.05) is 13.8 Å². The normalized spacial score (nSPS) is 19.0. The summed E-state index contributed by atoms with van der Waals surface area (Å²) in [5.74, 6) is 0.359. The van der Waals surface area contributed by atoms with Crippen LogP contribution in [0.15, 0.2) is 22.8 Å². The predicted octanol–water partition coefficient (Wildman–Crippen LogP) is 2.57. The molecule has 2 amide bonds. The van der Waals surface area contributed by atoms with Gasteiger partial charge in [0, 0.05) is 16.7 Å². The van der Waals surface area contributed by atoms with Gasteiger partial charge in [-0.15, -0.1) is 0 Å². The zero-order valence-electron chi connectivity index (χ0n) is 11.6. The molecule has 1 aromatic rings. The van der Waals surface area contributed by atoms with Crippen LogP contribution >= 0.6 is 15.9 Å². The molecule has 0 aliphatic carbocycles. The molecule has 6 heteroatoms. The van der Waals surface area contributed by atoms with Crippen LogP contribution in [0.25, 0.3) is 0 Å². The first-order chi connectivity index (χ1) is 9.56. The summed E-state index contributed by atoms with van der Waals surface area (Å²) in [6, 6.07) is 3.12. The number of hydrogen-bond acceptors (Lipinski definition) is 4. The Bertz CT molecular complexity index is 500. The van der Waals surface area contributed by atoms with Gasteiger partial charge in [0.1, 0.15) is 11.9 Å². The molecule has 1 aromatic heterocycles. The Morgan fingerprint density at radius 3 is 2.65 bits per heavy atom. The molecule has 1 fully saturated rings. The topological polar surface area (TPSA) is 62.3 Å². The monoisotopic (exact) mass is 339 g/mol. The van der Waals surface area contributed by atoms with E-state index in [1.807, 2.05) is 19.9 Å². The SMILES string of the molecule is CCC(CC)N1C(=O)CC(Nc2ccc(Br)cn2)C1=O. The van der Waals surface area contributed by atoms with Gasteiger partial charge in [-0.3, -0.25) is 14.5 Å². The van der Waals surface area contributed by atoms with Crippen LogP contribution in [0.3, 0.4) is 0 Å². The van der Waals surface area contributed by atoms with Crippen LogP contribution in [0.4, 0.5) is 5.82 Å². The standard InChI is InChI=1S/C14H18BrN3O2/c1-3-10(4-2)18-13(19)7-11(14(18)20)17-12-6-5-9(15)8-16-12/h5-6,8,10-11H,3-4,7H2,1-2H3,(H,16,17). The fourth-order valence-corrected chi connectivity index (χ4v) is 2.68. The maximum atomic E-state index is 12.4. The van der Waals surface area contributed by atoms with Crippen LogP contribution in [0.2, 0.25) is 0 Å². The maximum absolute atomic E-state index is 12.4. The lowest BCUT2D eigenvalue weighted by Crippen LogP contribution is -2.41. The third kappa shape index (κ3) is 3.00. The fourth-order valence-electron chi connectivity index (χ4n) is 2.44. The molecule has 0 bridgehead atoms. The van der Waals surface area contributed by atoms with Crippen LogP contribution in [0.1, 0.15) is 33.1 Å². The molecule has 1 aliphatic heterocycles. The van der Waals surface area contributed by atoms with Crippen LogP contribution in [0.5, 0.6) is 0 Å². The van der Waals surface area contributed by atoms with Gasteiger partial charge in [-0.2, -0.15) is 0 Å². The number of carbonyl (C=O) groups is 2. The number of nitrogens with zero attached hydrogens (tertiary/aromatic N) is 2. The van der Waals surface area contributed by atoms with Crippen molar-refractivity contribution in [3.8, 4) is 0 Å². The van der Waals surface area contributed by atoms with E-state index < -0.39 is 6.04 Å². The Kier molecular flexibility index (Phi) is 4.75. The van der Waals surface area contributed by atoms with Gasteiger partial charge in [0.2, 0.25) is 5.91 Å². The summed E-state index contributed by atoms with van der Waals surface area (Å²) >= 11 is 3.31. The minimum atomic E-state index is -0.503. The maximum Gasteiger partial charge on any atom is 0.252 e. The molecule has 0 spiro atoms. The van der Waals surface area contributed by atoms with Crippen molar-refractivity contribution in [1.82, 2.24) is 9.88 Å². The van der Waals surface area contributed by atoms with E-state index in [2.05, 4.69) is 26.2 Å². The lowest BCUT2D eigenvalue weighted by Gasteiger charge is -2.24. The Balaban J connectivity index is 2.09. The van der Waals surface area contributed by atoms with Gasteiger partial charge >= 0.3 is 0 Å². The van der Waals surface area contributed by atoms with E-state index in [4.69, 9.17) is 0 Å². The molecule has 1 saturated heterocycles. The van der Waals surface area contributed by atoms with Gasteiger partial charge in [0.15, 0.2) is 0 Å². The number of nitrogens with one attached hydrogen (secondary N) is 1. The van der Waals surface area contributed by atoms with Crippen LogP contribution in [-0.2, 0) is 9.59 Å². The number of aromatic nitrogens is 1.